The van der Waals surface area contributed by atoms with E-state index in [1.54, 1.807) is 9.75 Å². The Labute approximate surface area is 200 Å². The highest BCUT2D eigenvalue weighted by molar-refractivity contribution is 7.20. The summed E-state index contributed by atoms with van der Waals surface area (Å²) >= 11 is 4.03. The summed E-state index contributed by atoms with van der Waals surface area (Å²) in [5.41, 5.74) is 0. The van der Waals surface area contributed by atoms with Crippen molar-refractivity contribution >= 4 is 64.4 Å². The fourth-order valence-electron chi connectivity index (χ4n) is 4.95. The molecule has 0 spiro atoms. The van der Waals surface area contributed by atoms with Crippen LogP contribution in [0.3, 0.4) is 0 Å². The lowest BCUT2D eigenvalue weighted by atomic mass is 10.0. The van der Waals surface area contributed by atoms with Crippen molar-refractivity contribution in [1.82, 2.24) is 0 Å². The number of thiophene rings is 2. The van der Waals surface area contributed by atoms with Crippen molar-refractivity contribution in [3.8, 4) is 0 Å². The summed E-state index contributed by atoms with van der Waals surface area (Å²) in [7, 11) is 0. The predicted molar refractivity (Wildman–Crippen MR) is 148 cm³/mol. The first-order valence-corrected chi connectivity index (χ1v) is 14.2. The Hall–Kier alpha value is -1.90. The van der Waals surface area contributed by atoms with Gasteiger partial charge in [0.2, 0.25) is 0 Å². The van der Waals surface area contributed by atoms with Crippen LogP contribution in [0.1, 0.15) is 75.0 Å². The van der Waals surface area contributed by atoms with Gasteiger partial charge in [-0.1, -0.05) is 76.6 Å². The average molecular weight is 459 g/mol. The summed E-state index contributed by atoms with van der Waals surface area (Å²) in [6, 6.07) is 19.1. The molecule has 0 aliphatic heterocycles. The molecule has 0 saturated heterocycles. The van der Waals surface area contributed by atoms with Crippen molar-refractivity contribution in [2.75, 3.05) is 0 Å². The largest absolute Gasteiger partial charge is 0.140 e. The Morgan fingerprint density at radius 3 is 1.38 bits per heavy atom. The van der Waals surface area contributed by atoms with E-state index in [2.05, 4.69) is 62.4 Å². The summed E-state index contributed by atoms with van der Waals surface area (Å²) in [5.74, 6) is 0. The number of fused-ring (bicyclic) bond motifs is 6. The second kappa shape index (κ2) is 9.93. The molecule has 5 rings (SSSR count). The Kier molecular flexibility index (Phi) is 6.80. The van der Waals surface area contributed by atoms with Crippen LogP contribution in [0.25, 0.3) is 41.7 Å². The molecule has 166 valence electrons. The van der Waals surface area contributed by atoms with Gasteiger partial charge in [0, 0.05) is 29.9 Å². The molecule has 3 aromatic carbocycles. The van der Waals surface area contributed by atoms with Gasteiger partial charge in [-0.15, -0.1) is 22.7 Å². The lowest BCUT2D eigenvalue weighted by Gasteiger charge is -2.05. The van der Waals surface area contributed by atoms with Crippen LogP contribution in [0.5, 0.6) is 0 Å². The van der Waals surface area contributed by atoms with Crippen LogP contribution in [-0.2, 0) is 12.8 Å². The molecule has 0 aliphatic rings. The maximum atomic E-state index is 2.45. The van der Waals surface area contributed by atoms with Gasteiger partial charge < -0.3 is 0 Å². The molecule has 5 aromatic rings. The first-order valence-electron chi connectivity index (χ1n) is 12.6. The Bertz CT molecular complexity index is 1250. The van der Waals surface area contributed by atoms with E-state index in [1.165, 1.54) is 106 Å². The molecule has 2 heterocycles. The molecule has 0 atom stereocenters. The zero-order valence-electron chi connectivity index (χ0n) is 19.5. The van der Waals surface area contributed by atoms with Gasteiger partial charge in [-0.25, -0.2) is 0 Å². The van der Waals surface area contributed by atoms with Gasteiger partial charge in [0.1, 0.15) is 0 Å². The number of hydrogen-bond donors (Lipinski definition) is 0. The van der Waals surface area contributed by atoms with Crippen LogP contribution < -0.4 is 0 Å². The summed E-state index contributed by atoms with van der Waals surface area (Å²) in [6.07, 6.45) is 13.1. The third-order valence-electron chi connectivity index (χ3n) is 6.77. The van der Waals surface area contributed by atoms with E-state index >= 15 is 0 Å². The molecule has 0 N–H and O–H groups in total. The van der Waals surface area contributed by atoms with E-state index in [9.17, 15) is 0 Å². The summed E-state index contributed by atoms with van der Waals surface area (Å²) in [6.45, 7) is 4.57. The SMILES string of the molecule is CCCCCCc1cc2ccc3cc4c(ccc5cc(CCCCCC)sc54)cc3c2s1. The fourth-order valence-corrected chi connectivity index (χ4v) is 7.40. The van der Waals surface area contributed by atoms with Gasteiger partial charge in [-0.2, -0.15) is 0 Å². The van der Waals surface area contributed by atoms with E-state index in [0.717, 1.165) is 0 Å². The second-order valence-electron chi connectivity index (χ2n) is 9.31. The van der Waals surface area contributed by atoms with Crippen LogP contribution in [0, 0.1) is 0 Å². The second-order valence-corrected chi connectivity index (χ2v) is 11.6. The minimum Gasteiger partial charge on any atom is -0.140 e. The van der Waals surface area contributed by atoms with E-state index in [0.29, 0.717) is 0 Å². The van der Waals surface area contributed by atoms with Crippen molar-refractivity contribution in [1.29, 1.82) is 0 Å². The van der Waals surface area contributed by atoms with Crippen molar-refractivity contribution in [2.24, 2.45) is 0 Å². The van der Waals surface area contributed by atoms with Crippen molar-refractivity contribution in [2.45, 2.75) is 78.1 Å². The zero-order chi connectivity index (χ0) is 21.9. The predicted octanol–water partition coefficient (Wildman–Crippen LogP) is 10.7. The van der Waals surface area contributed by atoms with E-state index < -0.39 is 0 Å². The Balaban J connectivity index is 1.50. The molecule has 32 heavy (non-hydrogen) atoms. The van der Waals surface area contributed by atoms with Crippen LogP contribution in [0.15, 0.2) is 48.5 Å². The van der Waals surface area contributed by atoms with Crippen LogP contribution in [0.2, 0.25) is 0 Å². The van der Waals surface area contributed by atoms with Gasteiger partial charge >= 0.3 is 0 Å². The molecule has 0 fully saturated rings. The third-order valence-corrected chi connectivity index (χ3v) is 9.26. The normalized spacial score (nSPS) is 12.1. The topological polar surface area (TPSA) is 0 Å². The molecule has 0 radical (unpaired) electrons. The lowest BCUT2D eigenvalue weighted by molar-refractivity contribution is 0.670. The number of benzene rings is 3. The van der Waals surface area contributed by atoms with E-state index in [1.807, 2.05) is 22.7 Å². The van der Waals surface area contributed by atoms with Crippen LogP contribution in [-0.4, -0.2) is 0 Å². The zero-order valence-corrected chi connectivity index (χ0v) is 21.1. The van der Waals surface area contributed by atoms with Gasteiger partial charge in [0.25, 0.3) is 0 Å². The molecule has 0 saturated carbocycles. The molecule has 0 amide bonds. The number of aryl methyl sites for hydroxylation is 2. The maximum absolute atomic E-state index is 2.45. The smallest absolute Gasteiger partial charge is 0.0424 e. The molecule has 2 heteroatoms. The summed E-state index contributed by atoms with van der Waals surface area (Å²) in [5, 5.41) is 8.45. The third kappa shape index (κ3) is 4.45. The minimum atomic E-state index is 1.23. The number of rotatable bonds is 10. The van der Waals surface area contributed by atoms with Crippen LogP contribution in [0.4, 0.5) is 0 Å². The molecular weight excluding hydrogens is 424 g/mol. The van der Waals surface area contributed by atoms with Gasteiger partial charge in [0.15, 0.2) is 0 Å². The lowest BCUT2D eigenvalue weighted by Crippen LogP contribution is -1.80. The van der Waals surface area contributed by atoms with E-state index in [4.69, 9.17) is 0 Å². The monoisotopic (exact) mass is 458 g/mol. The van der Waals surface area contributed by atoms with E-state index in [-0.39, 0.29) is 0 Å². The van der Waals surface area contributed by atoms with Crippen LogP contribution >= 0.6 is 22.7 Å². The molecule has 0 nitrogen and oxygen atoms in total. The average Bonchev–Trinajstić information content (AvgIpc) is 3.42. The Morgan fingerprint density at radius 2 is 0.938 bits per heavy atom. The first kappa shape index (κ1) is 21.9. The van der Waals surface area contributed by atoms with Crippen molar-refractivity contribution < 1.29 is 0 Å². The standard InChI is InChI=1S/C30H34S2/c1-3-5-7-9-11-25-17-23-15-13-21-20-28-22(19-27(21)29(23)31-25)14-16-24-18-26(32-30(24)28)12-10-8-6-4-2/h13-20H,3-12H2,1-2H3. The first-order chi connectivity index (χ1) is 15.8. The highest BCUT2D eigenvalue weighted by Crippen LogP contribution is 2.39. The highest BCUT2D eigenvalue weighted by Gasteiger charge is 2.11. The maximum Gasteiger partial charge on any atom is 0.0424 e. The number of unbranched alkanes of at least 4 members (excludes halogenated alkanes) is 6. The molecule has 0 bridgehead atoms. The molecular formula is C30H34S2. The molecule has 0 unspecified atom stereocenters. The fraction of sp³-hybridized carbons (Fsp3) is 0.400. The van der Waals surface area contributed by atoms with Gasteiger partial charge in [-0.3, -0.25) is 0 Å². The number of hydrogen-bond acceptors (Lipinski definition) is 2. The molecule has 0 aliphatic carbocycles. The Morgan fingerprint density at radius 1 is 0.500 bits per heavy atom. The van der Waals surface area contributed by atoms with Crippen molar-refractivity contribution in [3.63, 3.8) is 0 Å². The quantitative estimate of drug-likeness (QED) is 0.144. The summed E-state index contributed by atoms with van der Waals surface area (Å²) in [4.78, 5) is 3.09. The summed E-state index contributed by atoms with van der Waals surface area (Å²) < 4.78 is 2.94. The van der Waals surface area contributed by atoms with Gasteiger partial charge in [0.05, 0.1) is 0 Å². The minimum absolute atomic E-state index is 1.23. The highest BCUT2D eigenvalue weighted by atomic mass is 32.1. The molecule has 2 aromatic heterocycles. The van der Waals surface area contributed by atoms with Crippen molar-refractivity contribution in [3.05, 3.63) is 58.3 Å². The van der Waals surface area contributed by atoms with Gasteiger partial charge in [-0.05, 0) is 71.5 Å².